The van der Waals surface area contributed by atoms with Crippen LogP contribution in [0.5, 0.6) is 0 Å². The molecule has 1 fully saturated rings. The van der Waals surface area contributed by atoms with Crippen LogP contribution in [0.15, 0.2) is 22.7 Å². The summed E-state index contributed by atoms with van der Waals surface area (Å²) in [7, 11) is 0. The number of halogens is 2. The molecule has 2 rings (SSSR count). The maximum absolute atomic E-state index is 13.0. The Labute approximate surface area is 111 Å². The van der Waals surface area contributed by atoms with Crippen LogP contribution < -0.4 is 0 Å². The van der Waals surface area contributed by atoms with E-state index < -0.39 is 0 Å². The molecule has 0 bridgehead atoms. The molecule has 0 radical (unpaired) electrons. The number of hydrogen-bond acceptors (Lipinski definition) is 1. The zero-order valence-corrected chi connectivity index (χ0v) is 12.1. The Hall–Kier alpha value is -0.410. The maximum Gasteiger partial charge on any atom is 0.124 e. The van der Waals surface area contributed by atoms with E-state index in [-0.39, 0.29) is 5.82 Å². The van der Waals surface area contributed by atoms with Crippen molar-refractivity contribution in [2.75, 3.05) is 13.1 Å². The highest BCUT2D eigenvalue weighted by Gasteiger charge is 2.25. The summed E-state index contributed by atoms with van der Waals surface area (Å²) in [5.41, 5.74) is 1.65. The van der Waals surface area contributed by atoms with Gasteiger partial charge in [0.25, 0.3) is 0 Å². The summed E-state index contributed by atoms with van der Waals surface area (Å²) in [6.07, 6.45) is 2.48. The van der Waals surface area contributed by atoms with Crippen molar-refractivity contribution >= 4 is 15.9 Å². The number of benzene rings is 1. The van der Waals surface area contributed by atoms with E-state index in [9.17, 15) is 4.39 Å². The molecular weight excluding hydrogens is 281 g/mol. The molecule has 0 N–H and O–H groups in total. The van der Waals surface area contributed by atoms with Crippen molar-refractivity contribution in [3.8, 4) is 0 Å². The van der Waals surface area contributed by atoms with Crippen molar-refractivity contribution < 1.29 is 4.39 Å². The molecule has 1 aromatic carbocycles. The van der Waals surface area contributed by atoms with Crippen molar-refractivity contribution in [3.63, 3.8) is 0 Å². The van der Waals surface area contributed by atoms with Gasteiger partial charge in [0.2, 0.25) is 0 Å². The third kappa shape index (κ3) is 3.52. The average Bonchev–Trinajstić information content (AvgIpc) is 2.25. The van der Waals surface area contributed by atoms with Crippen LogP contribution in [0.25, 0.3) is 0 Å². The highest BCUT2D eigenvalue weighted by atomic mass is 79.9. The van der Waals surface area contributed by atoms with Crippen LogP contribution in [0.1, 0.15) is 32.3 Å². The molecule has 0 aliphatic carbocycles. The fourth-order valence-electron chi connectivity index (χ4n) is 2.21. The van der Waals surface area contributed by atoms with Crippen molar-refractivity contribution in [2.24, 2.45) is 5.41 Å². The fraction of sp³-hybridized carbons (Fsp3) is 0.571. The van der Waals surface area contributed by atoms with Gasteiger partial charge in [0.05, 0.1) is 0 Å². The summed E-state index contributed by atoms with van der Waals surface area (Å²) in [5, 5.41) is 0. The van der Waals surface area contributed by atoms with Crippen molar-refractivity contribution in [2.45, 2.75) is 33.2 Å². The van der Waals surface area contributed by atoms with Crippen LogP contribution in [-0.4, -0.2) is 18.0 Å². The van der Waals surface area contributed by atoms with Gasteiger partial charge < -0.3 is 0 Å². The van der Waals surface area contributed by atoms with Gasteiger partial charge >= 0.3 is 0 Å². The predicted molar refractivity (Wildman–Crippen MR) is 72.4 cm³/mol. The Balaban J connectivity index is 1.98. The van der Waals surface area contributed by atoms with Gasteiger partial charge in [-0.05, 0) is 49.0 Å². The molecule has 1 aromatic rings. The molecule has 1 heterocycles. The minimum atomic E-state index is -0.180. The van der Waals surface area contributed by atoms with Crippen molar-refractivity contribution in [1.82, 2.24) is 4.90 Å². The molecule has 1 saturated heterocycles. The lowest BCUT2D eigenvalue weighted by Gasteiger charge is -2.37. The van der Waals surface area contributed by atoms with Gasteiger partial charge in [-0.25, -0.2) is 4.39 Å². The molecule has 0 unspecified atom stereocenters. The minimum Gasteiger partial charge on any atom is -0.299 e. The lowest BCUT2D eigenvalue weighted by molar-refractivity contribution is 0.127. The molecule has 0 atom stereocenters. The first-order chi connectivity index (χ1) is 7.96. The second-order valence-corrected chi connectivity index (χ2v) is 6.53. The summed E-state index contributed by atoms with van der Waals surface area (Å²) in [4.78, 5) is 2.45. The summed E-state index contributed by atoms with van der Waals surface area (Å²) in [6, 6.07) is 4.95. The van der Waals surface area contributed by atoms with E-state index in [1.54, 1.807) is 6.07 Å². The first-order valence-corrected chi connectivity index (χ1v) is 6.92. The Kier molecular flexibility index (Phi) is 3.88. The SMILES string of the molecule is CC1(C)CCN(Cc2ccc(F)cc2Br)CC1. The topological polar surface area (TPSA) is 3.24 Å². The smallest absolute Gasteiger partial charge is 0.124 e. The lowest BCUT2D eigenvalue weighted by atomic mass is 9.82. The van der Waals surface area contributed by atoms with E-state index in [1.807, 2.05) is 6.07 Å². The summed E-state index contributed by atoms with van der Waals surface area (Å²) in [6.45, 7) is 7.85. The number of rotatable bonds is 2. The largest absolute Gasteiger partial charge is 0.299 e. The molecule has 0 amide bonds. The fourth-order valence-corrected chi connectivity index (χ4v) is 2.68. The maximum atomic E-state index is 13.0. The normalized spacial score (nSPS) is 20.5. The van der Waals surface area contributed by atoms with Gasteiger partial charge in [0.15, 0.2) is 0 Å². The molecule has 94 valence electrons. The molecule has 0 spiro atoms. The van der Waals surface area contributed by atoms with Gasteiger partial charge in [-0.2, -0.15) is 0 Å². The Bertz CT molecular complexity index is 393. The van der Waals surface area contributed by atoms with E-state index in [1.165, 1.54) is 24.5 Å². The predicted octanol–water partition coefficient (Wildman–Crippen LogP) is 4.21. The number of nitrogens with zero attached hydrogens (tertiary/aromatic N) is 1. The van der Waals surface area contributed by atoms with Crippen LogP contribution in [0.4, 0.5) is 4.39 Å². The van der Waals surface area contributed by atoms with E-state index in [4.69, 9.17) is 0 Å². The molecular formula is C14H19BrFN. The van der Waals surface area contributed by atoms with Gasteiger partial charge in [-0.15, -0.1) is 0 Å². The summed E-state index contributed by atoms with van der Waals surface area (Å²) >= 11 is 3.43. The number of hydrogen-bond donors (Lipinski definition) is 0. The second-order valence-electron chi connectivity index (χ2n) is 5.68. The van der Waals surface area contributed by atoms with Gasteiger partial charge in [0.1, 0.15) is 5.82 Å². The van der Waals surface area contributed by atoms with E-state index in [0.717, 1.165) is 24.1 Å². The van der Waals surface area contributed by atoms with Crippen LogP contribution in [-0.2, 0) is 6.54 Å². The zero-order chi connectivity index (χ0) is 12.5. The first kappa shape index (κ1) is 13.0. The third-order valence-electron chi connectivity index (χ3n) is 3.62. The van der Waals surface area contributed by atoms with Crippen LogP contribution in [0, 0.1) is 11.2 Å². The minimum absolute atomic E-state index is 0.180. The Morgan fingerprint density at radius 1 is 1.29 bits per heavy atom. The van der Waals surface area contributed by atoms with E-state index in [0.29, 0.717) is 5.41 Å². The standard InChI is InChI=1S/C14H19BrFN/c1-14(2)5-7-17(8-6-14)10-11-3-4-12(16)9-13(11)15/h3-4,9H,5-8,10H2,1-2H3. The number of likely N-dealkylation sites (tertiary alicyclic amines) is 1. The highest BCUT2D eigenvalue weighted by molar-refractivity contribution is 9.10. The van der Waals surface area contributed by atoms with Gasteiger partial charge in [-0.1, -0.05) is 35.8 Å². The molecule has 0 saturated carbocycles. The quantitative estimate of drug-likeness (QED) is 0.791. The molecule has 1 aliphatic rings. The van der Waals surface area contributed by atoms with Crippen LogP contribution >= 0.6 is 15.9 Å². The molecule has 1 aliphatic heterocycles. The van der Waals surface area contributed by atoms with Gasteiger partial charge in [0, 0.05) is 11.0 Å². The Morgan fingerprint density at radius 2 is 1.94 bits per heavy atom. The van der Waals surface area contributed by atoms with E-state index in [2.05, 4.69) is 34.7 Å². The number of piperidine rings is 1. The summed E-state index contributed by atoms with van der Waals surface area (Å²) in [5.74, 6) is -0.180. The van der Waals surface area contributed by atoms with Crippen LogP contribution in [0.2, 0.25) is 0 Å². The molecule has 17 heavy (non-hydrogen) atoms. The zero-order valence-electron chi connectivity index (χ0n) is 10.5. The van der Waals surface area contributed by atoms with Crippen LogP contribution in [0.3, 0.4) is 0 Å². The van der Waals surface area contributed by atoms with Gasteiger partial charge in [-0.3, -0.25) is 4.90 Å². The van der Waals surface area contributed by atoms with E-state index >= 15 is 0 Å². The molecule has 0 aromatic heterocycles. The average molecular weight is 300 g/mol. The lowest BCUT2D eigenvalue weighted by Crippen LogP contribution is -2.36. The monoisotopic (exact) mass is 299 g/mol. The first-order valence-electron chi connectivity index (χ1n) is 6.13. The molecule has 3 heteroatoms. The molecule has 1 nitrogen and oxygen atoms in total. The second kappa shape index (κ2) is 5.07. The Morgan fingerprint density at radius 3 is 2.53 bits per heavy atom. The highest BCUT2D eigenvalue weighted by Crippen LogP contribution is 2.31. The van der Waals surface area contributed by atoms with Crippen molar-refractivity contribution in [1.29, 1.82) is 0 Å². The summed E-state index contributed by atoms with van der Waals surface area (Å²) < 4.78 is 13.9. The third-order valence-corrected chi connectivity index (χ3v) is 4.36. The van der Waals surface area contributed by atoms with Crippen molar-refractivity contribution in [3.05, 3.63) is 34.1 Å².